The van der Waals surface area contributed by atoms with Crippen LogP contribution in [0.2, 0.25) is 0 Å². The van der Waals surface area contributed by atoms with Crippen molar-refractivity contribution in [1.29, 1.82) is 0 Å². The van der Waals surface area contributed by atoms with Gasteiger partial charge in [0, 0.05) is 37.8 Å². The summed E-state index contributed by atoms with van der Waals surface area (Å²) >= 11 is 0. The summed E-state index contributed by atoms with van der Waals surface area (Å²) in [7, 11) is 0. The standard InChI is InChI=1S/C20H25N3O2/c1-3-23(15-17-8-5-4-6-9-17)13-12-20(25)22-19-11-7-10-18(14-19)21-16(2)24/h4-11,14H,3,12-13,15H2,1-2H3,(H,21,24)(H,22,25). The van der Waals surface area contributed by atoms with E-state index in [2.05, 4.69) is 34.6 Å². The molecule has 2 amide bonds. The number of rotatable bonds is 8. The van der Waals surface area contributed by atoms with Crippen LogP contribution in [0.3, 0.4) is 0 Å². The molecule has 0 unspecified atom stereocenters. The Morgan fingerprint density at radius 2 is 1.64 bits per heavy atom. The van der Waals surface area contributed by atoms with Gasteiger partial charge in [0.1, 0.15) is 0 Å². The lowest BCUT2D eigenvalue weighted by molar-refractivity contribution is -0.116. The van der Waals surface area contributed by atoms with Crippen molar-refractivity contribution in [3.05, 3.63) is 60.2 Å². The summed E-state index contributed by atoms with van der Waals surface area (Å²) in [6.07, 6.45) is 0.422. The minimum atomic E-state index is -0.136. The molecule has 132 valence electrons. The predicted molar refractivity (Wildman–Crippen MR) is 101 cm³/mol. The van der Waals surface area contributed by atoms with Crippen molar-refractivity contribution in [2.75, 3.05) is 23.7 Å². The summed E-state index contributed by atoms with van der Waals surface area (Å²) in [5, 5.41) is 5.59. The quantitative estimate of drug-likeness (QED) is 0.774. The van der Waals surface area contributed by atoms with Crippen molar-refractivity contribution >= 4 is 23.2 Å². The molecule has 0 atom stereocenters. The van der Waals surface area contributed by atoms with Gasteiger partial charge in [0.25, 0.3) is 0 Å². The zero-order valence-electron chi connectivity index (χ0n) is 14.8. The van der Waals surface area contributed by atoms with E-state index in [0.29, 0.717) is 24.3 Å². The van der Waals surface area contributed by atoms with Gasteiger partial charge in [0.05, 0.1) is 0 Å². The third-order valence-corrected chi connectivity index (χ3v) is 3.82. The van der Waals surface area contributed by atoms with Crippen LogP contribution < -0.4 is 10.6 Å². The fraction of sp³-hybridized carbons (Fsp3) is 0.300. The molecule has 0 saturated carbocycles. The molecule has 2 aromatic carbocycles. The molecule has 0 fully saturated rings. The number of benzene rings is 2. The second kappa shape index (κ2) is 9.59. The van der Waals surface area contributed by atoms with Gasteiger partial charge in [0.15, 0.2) is 0 Å². The average Bonchev–Trinajstić information content (AvgIpc) is 2.59. The van der Waals surface area contributed by atoms with Crippen LogP contribution in [0.4, 0.5) is 11.4 Å². The van der Waals surface area contributed by atoms with Gasteiger partial charge >= 0.3 is 0 Å². The van der Waals surface area contributed by atoms with Crippen LogP contribution in [-0.4, -0.2) is 29.8 Å². The van der Waals surface area contributed by atoms with E-state index in [0.717, 1.165) is 13.1 Å². The van der Waals surface area contributed by atoms with E-state index < -0.39 is 0 Å². The molecular formula is C20H25N3O2. The molecule has 5 heteroatoms. The smallest absolute Gasteiger partial charge is 0.225 e. The molecular weight excluding hydrogens is 314 g/mol. The molecule has 0 aromatic heterocycles. The molecule has 2 aromatic rings. The van der Waals surface area contributed by atoms with E-state index in [1.165, 1.54) is 12.5 Å². The largest absolute Gasteiger partial charge is 0.326 e. The van der Waals surface area contributed by atoms with E-state index in [-0.39, 0.29) is 11.8 Å². The monoisotopic (exact) mass is 339 g/mol. The van der Waals surface area contributed by atoms with Gasteiger partial charge in [-0.1, -0.05) is 43.3 Å². The lowest BCUT2D eigenvalue weighted by Crippen LogP contribution is -2.27. The van der Waals surface area contributed by atoms with Crippen molar-refractivity contribution in [2.45, 2.75) is 26.8 Å². The Labute approximate surface area is 149 Å². The maximum Gasteiger partial charge on any atom is 0.225 e. The van der Waals surface area contributed by atoms with Gasteiger partial charge in [-0.05, 0) is 30.3 Å². The first-order chi connectivity index (χ1) is 12.1. The Morgan fingerprint density at radius 3 is 2.28 bits per heavy atom. The van der Waals surface area contributed by atoms with E-state index in [1.54, 1.807) is 18.2 Å². The molecule has 0 saturated heterocycles. The van der Waals surface area contributed by atoms with Gasteiger partial charge in [-0.3, -0.25) is 14.5 Å². The summed E-state index contributed by atoms with van der Waals surface area (Å²) in [4.78, 5) is 25.5. The lowest BCUT2D eigenvalue weighted by atomic mass is 10.2. The number of carbonyl (C=O) groups is 2. The summed E-state index contributed by atoms with van der Waals surface area (Å²) in [6.45, 7) is 5.97. The molecule has 0 spiro atoms. The Balaban J connectivity index is 1.84. The summed E-state index contributed by atoms with van der Waals surface area (Å²) in [5.74, 6) is -0.172. The molecule has 0 aliphatic rings. The van der Waals surface area contributed by atoms with Gasteiger partial charge in [-0.2, -0.15) is 0 Å². The topological polar surface area (TPSA) is 61.4 Å². The highest BCUT2D eigenvalue weighted by atomic mass is 16.2. The molecule has 25 heavy (non-hydrogen) atoms. The van der Waals surface area contributed by atoms with Crippen LogP contribution in [-0.2, 0) is 16.1 Å². The van der Waals surface area contributed by atoms with Gasteiger partial charge < -0.3 is 10.6 Å². The number of carbonyl (C=O) groups excluding carboxylic acids is 2. The molecule has 0 radical (unpaired) electrons. The van der Waals surface area contributed by atoms with E-state index in [9.17, 15) is 9.59 Å². The van der Waals surface area contributed by atoms with Gasteiger partial charge in [0.2, 0.25) is 11.8 Å². The molecule has 0 aliphatic carbocycles. The van der Waals surface area contributed by atoms with E-state index in [1.807, 2.05) is 24.3 Å². The second-order valence-corrected chi connectivity index (χ2v) is 5.91. The van der Waals surface area contributed by atoms with E-state index >= 15 is 0 Å². The first kappa shape index (κ1) is 18.7. The first-order valence-electron chi connectivity index (χ1n) is 8.50. The van der Waals surface area contributed by atoms with Crippen molar-refractivity contribution in [3.8, 4) is 0 Å². The third-order valence-electron chi connectivity index (χ3n) is 3.82. The fourth-order valence-electron chi connectivity index (χ4n) is 2.55. The molecule has 0 heterocycles. The molecule has 0 bridgehead atoms. The zero-order chi connectivity index (χ0) is 18.1. The molecule has 5 nitrogen and oxygen atoms in total. The summed E-state index contributed by atoms with van der Waals surface area (Å²) in [5.41, 5.74) is 2.60. The number of hydrogen-bond donors (Lipinski definition) is 2. The van der Waals surface area contributed by atoms with Crippen LogP contribution in [0, 0.1) is 0 Å². The summed E-state index contributed by atoms with van der Waals surface area (Å²) < 4.78 is 0. The predicted octanol–water partition coefficient (Wildman–Crippen LogP) is 3.50. The molecule has 2 N–H and O–H groups in total. The van der Waals surface area contributed by atoms with Crippen LogP contribution in [0.5, 0.6) is 0 Å². The number of hydrogen-bond acceptors (Lipinski definition) is 3. The highest BCUT2D eigenvalue weighted by molar-refractivity contribution is 5.93. The second-order valence-electron chi connectivity index (χ2n) is 5.91. The average molecular weight is 339 g/mol. The van der Waals surface area contributed by atoms with E-state index in [4.69, 9.17) is 0 Å². The van der Waals surface area contributed by atoms with Crippen molar-refractivity contribution < 1.29 is 9.59 Å². The highest BCUT2D eigenvalue weighted by Gasteiger charge is 2.08. The Bertz CT molecular complexity index is 701. The van der Waals surface area contributed by atoms with Crippen LogP contribution in [0.15, 0.2) is 54.6 Å². The Hall–Kier alpha value is -2.66. The lowest BCUT2D eigenvalue weighted by Gasteiger charge is -2.20. The minimum absolute atomic E-state index is 0.0357. The maximum absolute atomic E-state index is 12.2. The van der Waals surface area contributed by atoms with Crippen LogP contribution >= 0.6 is 0 Å². The zero-order valence-corrected chi connectivity index (χ0v) is 14.8. The van der Waals surface area contributed by atoms with Gasteiger partial charge in [-0.25, -0.2) is 0 Å². The normalized spacial score (nSPS) is 10.5. The fourth-order valence-corrected chi connectivity index (χ4v) is 2.55. The third kappa shape index (κ3) is 6.77. The Morgan fingerprint density at radius 1 is 0.960 bits per heavy atom. The maximum atomic E-state index is 12.2. The molecule has 2 rings (SSSR count). The Kier molecular flexibility index (Phi) is 7.16. The molecule has 0 aliphatic heterocycles. The highest BCUT2D eigenvalue weighted by Crippen LogP contribution is 2.15. The van der Waals surface area contributed by atoms with Gasteiger partial charge in [-0.15, -0.1) is 0 Å². The van der Waals surface area contributed by atoms with Crippen molar-refractivity contribution in [1.82, 2.24) is 4.90 Å². The first-order valence-corrected chi connectivity index (χ1v) is 8.50. The number of amides is 2. The van der Waals surface area contributed by atoms with Crippen LogP contribution in [0.25, 0.3) is 0 Å². The summed E-state index contributed by atoms with van der Waals surface area (Å²) in [6, 6.07) is 17.4. The SMILES string of the molecule is CCN(CCC(=O)Nc1cccc(NC(C)=O)c1)Cc1ccccc1. The van der Waals surface area contributed by atoms with Crippen molar-refractivity contribution in [3.63, 3.8) is 0 Å². The van der Waals surface area contributed by atoms with Crippen molar-refractivity contribution in [2.24, 2.45) is 0 Å². The minimum Gasteiger partial charge on any atom is -0.326 e. The van der Waals surface area contributed by atoms with Crippen LogP contribution in [0.1, 0.15) is 25.8 Å². The number of anilines is 2. The number of nitrogens with zero attached hydrogens (tertiary/aromatic N) is 1. The number of nitrogens with one attached hydrogen (secondary N) is 2.